The van der Waals surface area contributed by atoms with E-state index >= 15 is 0 Å². The first kappa shape index (κ1) is 20.9. The van der Waals surface area contributed by atoms with Crippen molar-refractivity contribution in [2.45, 2.75) is 46.4 Å². The molecule has 5 nitrogen and oxygen atoms in total. The van der Waals surface area contributed by atoms with Gasteiger partial charge in [0.05, 0.1) is 18.4 Å². The molecule has 0 fully saturated rings. The average Bonchev–Trinajstić information content (AvgIpc) is 3.04. The number of hydrogen-bond acceptors (Lipinski definition) is 5. The summed E-state index contributed by atoms with van der Waals surface area (Å²) in [6.45, 7) is 6.83. The third kappa shape index (κ3) is 5.35. The van der Waals surface area contributed by atoms with Crippen LogP contribution in [0.2, 0.25) is 0 Å². The molecule has 3 aromatic rings. The van der Waals surface area contributed by atoms with E-state index in [2.05, 4.69) is 10.5 Å². The highest BCUT2D eigenvalue weighted by Gasteiger charge is 2.13. The van der Waals surface area contributed by atoms with Gasteiger partial charge in [-0.1, -0.05) is 29.4 Å². The minimum Gasteiger partial charge on any atom is -0.493 e. The number of benzene rings is 2. The van der Waals surface area contributed by atoms with Crippen LogP contribution in [0.5, 0.6) is 11.5 Å². The summed E-state index contributed by atoms with van der Waals surface area (Å²) in [5.74, 6) is 1.92. The van der Waals surface area contributed by atoms with Crippen molar-refractivity contribution in [2.75, 3.05) is 7.11 Å². The van der Waals surface area contributed by atoms with Crippen LogP contribution < -0.4 is 14.8 Å². The molecule has 0 aliphatic heterocycles. The Morgan fingerprint density at radius 1 is 1.14 bits per heavy atom. The lowest BCUT2D eigenvalue weighted by Crippen LogP contribution is -2.27. The average molecular weight is 398 g/mol. The van der Waals surface area contributed by atoms with E-state index in [1.807, 2.05) is 51.1 Å². The smallest absolute Gasteiger partial charge is 0.161 e. The van der Waals surface area contributed by atoms with Crippen molar-refractivity contribution in [1.29, 1.82) is 0 Å². The molecule has 1 atom stereocenters. The Bertz CT molecular complexity index is 936. The molecule has 0 spiro atoms. The van der Waals surface area contributed by atoms with E-state index in [4.69, 9.17) is 14.0 Å². The summed E-state index contributed by atoms with van der Waals surface area (Å²) in [7, 11) is 1.62. The normalized spacial score (nSPS) is 12.0. The summed E-state index contributed by atoms with van der Waals surface area (Å²) in [6.07, 6.45) is 0.627. The summed E-state index contributed by atoms with van der Waals surface area (Å²) in [5.41, 5.74) is 3.55. The molecule has 1 N–H and O–H groups in total. The maximum atomic E-state index is 13.8. The molecule has 3 rings (SSSR count). The fourth-order valence-corrected chi connectivity index (χ4v) is 3.16. The number of hydrogen-bond donors (Lipinski definition) is 1. The first-order valence-corrected chi connectivity index (χ1v) is 9.66. The molecule has 0 amide bonds. The van der Waals surface area contributed by atoms with Gasteiger partial charge in [0.2, 0.25) is 0 Å². The molecule has 2 aromatic carbocycles. The predicted molar refractivity (Wildman–Crippen MR) is 110 cm³/mol. The number of methoxy groups -OCH3 is 1. The maximum absolute atomic E-state index is 13.8. The summed E-state index contributed by atoms with van der Waals surface area (Å²) in [6, 6.07) is 12.9. The second-order valence-corrected chi connectivity index (χ2v) is 7.15. The summed E-state index contributed by atoms with van der Waals surface area (Å²) in [5, 5.41) is 7.37. The van der Waals surface area contributed by atoms with E-state index in [0.29, 0.717) is 36.6 Å². The summed E-state index contributed by atoms with van der Waals surface area (Å²) < 4.78 is 30.4. The molecule has 1 heterocycles. The molecular formula is C23H27FN2O3. The Labute approximate surface area is 170 Å². The molecule has 29 heavy (non-hydrogen) atoms. The third-order valence-corrected chi connectivity index (χ3v) is 4.92. The molecule has 0 bridgehead atoms. The van der Waals surface area contributed by atoms with E-state index in [1.54, 1.807) is 13.2 Å². The monoisotopic (exact) mass is 398 g/mol. The van der Waals surface area contributed by atoms with Crippen LogP contribution >= 0.6 is 0 Å². The van der Waals surface area contributed by atoms with Crippen LogP contribution in [0.3, 0.4) is 0 Å². The van der Waals surface area contributed by atoms with Gasteiger partial charge in [-0.05, 0) is 56.5 Å². The van der Waals surface area contributed by atoms with Crippen LogP contribution in [-0.2, 0) is 19.6 Å². The van der Waals surface area contributed by atoms with Crippen molar-refractivity contribution in [3.05, 3.63) is 76.4 Å². The number of aromatic nitrogens is 1. The highest BCUT2D eigenvalue weighted by atomic mass is 19.1. The van der Waals surface area contributed by atoms with Crippen molar-refractivity contribution in [3.63, 3.8) is 0 Å². The molecule has 6 heteroatoms. The molecule has 1 unspecified atom stereocenters. The van der Waals surface area contributed by atoms with Crippen LogP contribution in [0, 0.1) is 19.7 Å². The van der Waals surface area contributed by atoms with Gasteiger partial charge in [-0.25, -0.2) is 4.39 Å². The first-order valence-electron chi connectivity index (χ1n) is 9.66. The lowest BCUT2D eigenvalue weighted by Gasteiger charge is -2.16. The van der Waals surface area contributed by atoms with E-state index in [-0.39, 0.29) is 11.9 Å². The van der Waals surface area contributed by atoms with Crippen molar-refractivity contribution in [3.8, 4) is 11.5 Å². The Morgan fingerprint density at radius 2 is 1.93 bits per heavy atom. The molecule has 0 radical (unpaired) electrons. The maximum Gasteiger partial charge on any atom is 0.161 e. The quantitative estimate of drug-likeness (QED) is 0.564. The Balaban J connectivity index is 1.59. The molecule has 154 valence electrons. The van der Waals surface area contributed by atoms with E-state index in [0.717, 1.165) is 22.6 Å². The molecule has 0 aliphatic rings. The van der Waals surface area contributed by atoms with Gasteiger partial charge < -0.3 is 19.3 Å². The number of nitrogens with one attached hydrogen (secondary N) is 1. The molecule has 0 saturated heterocycles. The van der Waals surface area contributed by atoms with Crippen molar-refractivity contribution < 1.29 is 18.4 Å². The standard InChI is InChI=1S/C23H27FN2O3/c1-15(11-19-7-5-6-8-21(19)24)25-13-18-9-10-22(23(12-18)27-4)28-14-20-16(2)26-29-17(20)3/h5-10,12,15,25H,11,13-14H2,1-4H3. The topological polar surface area (TPSA) is 56.5 Å². The zero-order chi connectivity index (χ0) is 20.8. The summed E-state index contributed by atoms with van der Waals surface area (Å²) in [4.78, 5) is 0. The number of rotatable bonds is 9. The van der Waals surface area contributed by atoms with Crippen LogP contribution in [-0.4, -0.2) is 18.3 Å². The zero-order valence-corrected chi connectivity index (χ0v) is 17.3. The van der Waals surface area contributed by atoms with Gasteiger partial charge in [0.25, 0.3) is 0 Å². The highest BCUT2D eigenvalue weighted by molar-refractivity contribution is 5.43. The molecule has 0 aliphatic carbocycles. The Morgan fingerprint density at radius 3 is 2.62 bits per heavy atom. The van der Waals surface area contributed by atoms with Gasteiger partial charge in [0, 0.05) is 12.6 Å². The second kappa shape index (κ2) is 9.56. The number of aryl methyl sites for hydroxylation is 2. The van der Waals surface area contributed by atoms with Gasteiger partial charge in [0.1, 0.15) is 18.2 Å². The van der Waals surface area contributed by atoms with Gasteiger partial charge >= 0.3 is 0 Å². The van der Waals surface area contributed by atoms with Crippen LogP contribution in [0.4, 0.5) is 4.39 Å². The van der Waals surface area contributed by atoms with E-state index < -0.39 is 0 Å². The van der Waals surface area contributed by atoms with Crippen molar-refractivity contribution in [2.24, 2.45) is 0 Å². The zero-order valence-electron chi connectivity index (χ0n) is 17.3. The van der Waals surface area contributed by atoms with Gasteiger partial charge in [-0.15, -0.1) is 0 Å². The highest BCUT2D eigenvalue weighted by Crippen LogP contribution is 2.29. The van der Waals surface area contributed by atoms with Crippen LogP contribution in [0.25, 0.3) is 0 Å². The fourth-order valence-electron chi connectivity index (χ4n) is 3.16. The van der Waals surface area contributed by atoms with E-state index in [9.17, 15) is 4.39 Å². The minimum absolute atomic E-state index is 0.133. The summed E-state index contributed by atoms with van der Waals surface area (Å²) >= 11 is 0. The van der Waals surface area contributed by atoms with Crippen molar-refractivity contribution in [1.82, 2.24) is 10.5 Å². The van der Waals surface area contributed by atoms with Crippen LogP contribution in [0.15, 0.2) is 47.0 Å². The van der Waals surface area contributed by atoms with Gasteiger partial charge in [-0.2, -0.15) is 0 Å². The third-order valence-electron chi connectivity index (χ3n) is 4.92. The number of nitrogens with zero attached hydrogens (tertiary/aromatic N) is 1. The van der Waals surface area contributed by atoms with E-state index in [1.165, 1.54) is 6.07 Å². The Kier molecular flexibility index (Phi) is 6.88. The number of ether oxygens (including phenoxy) is 2. The molecular weight excluding hydrogens is 371 g/mol. The van der Waals surface area contributed by atoms with Crippen molar-refractivity contribution >= 4 is 0 Å². The molecule has 0 saturated carbocycles. The van der Waals surface area contributed by atoms with Gasteiger partial charge in [0.15, 0.2) is 11.5 Å². The second-order valence-electron chi connectivity index (χ2n) is 7.15. The Hall–Kier alpha value is -2.86. The predicted octanol–water partition coefficient (Wildman–Crippen LogP) is 4.74. The number of halogens is 1. The first-order chi connectivity index (χ1) is 14.0. The fraction of sp³-hybridized carbons (Fsp3) is 0.348. The lowest BCUT2D eigenvalue weighted by atomic mass is 10.1. The molecule has 1 aromatic heterocycles. The largest absolute Gasteiger partial charge is 0.493 e. The van der Waals surface area contributed by atoms with Crippen LogP contribution in [0.1, 0.15) is 35.1 Å². The van der Waals surface area contributed by atoms with Gasteiger partial charge in [-0.3, -0.25) is 0 Å². The lowest BCUT2D eigenvalue weighted by molar-refractivity contribution is 0.281. The SMILES string of the molecule is COc1cc(CNC(C)Cc2ccccc2F)ccc1OCc1c(C)noc1C. The minimum atomic E-state index is -0.164.